The number of allylic oxidation sites excluding steroid dienone is 1. The van der Waals surface area contributed by atoms with E-state index in [1.807, 2.05) is 20.8 Å². The number of aliphatic carboxylic acids is 1. The monoisotopic (exact) mass is 914 g/mol. The number of carboxylic acids is 1. The van der Waals surface area contributed by atoms with Gasteiger partial charge in [-0.15, -0.1) is 0 Å². The summed E-state index contributed by atoms with van der Waals surface area (Å²) in [4.78, 5) is 13.3. The van der Waals surface area contributed by atoms with Crippen LogP contribution in [-0.4, -0.2) is 189 Å². The Balaban J connectivity index is 1.21. The summed E-state index contributed by atoms with van der Waals surface area (Å²) in [5.74, 6) is -4.81. The van der Waals surface area contributed by atoms with Gasteiger partial charge in [-0.3, -0.25) is 4.79 Å². The van der Waals surface area contributed by atoms with E-state index in [-0.39, 0.29) is 30.1 Å². The number of carboxylic acid groups (broad SMARTS) is 1. The maximum atomic E-state index is 13.3. The van der Waals surface area contributed by atoms with Gasteiger partial charge in [-0.1, -0.05) is 60.1 Å². The molecule has 8 aliphatic rings. The molecular weight excluding hydrogens is 840 g/mol. The Bertz CT molecular complexity index is 1830. The highest BCUT2D eigenvalue weighted by atomic mass is 16.8. The van der Waals surface area contributed by atoms with Crippen molar-refractivity contribution in [2.75, 3.05) is 19.8 Å². The van der Waals surface area contributed by atoms with Gasteiger partial charge in [-0.25, -0.2) is 0 Å². The topological polar surface area (TPSA) is 317 Å². The highest BCUT2D eigenvalue weighted by Gasteiger charge is 2.79. The molecule has 23 unspecified atom stereocenters. The molecule has 0 aromatic carbocycles. The Morgan fingerprint density at radius 2 is 1.36 bits per heavy atom. The van der Waals surface area contributed by atoms with E-state index < -0.39 is 156 Å². The molecule has 23 atom stereocenters. The summed E-state index contributed by atoms with van der Waals surface area (Å²) in [5, 5.41) is 148. The van der Waals surface area contributed by atoms with Crippen molar-refractivity contribution < 1.29 is 90.1 Å². The van der Waals surface area contributed by atoms with Crippen molar-refractivity contribution in [3.63, 3.8) is 0 Å². The molecule has 5 aliphatic carbocycles. The number of fused-ring (bicyclic) bond motifs is 7. The van der Waals surface area contributed by atoms with Crippen LogP contribution in [0.3, 0.4) is 0 Å². The molecule has 4 saturated carbocycles. The van der Waals surface area contributed by atoms with Gasteiger partial charge in [0.25, 0.3) is 0 Å². The molecule has 366 valence electrons. The van der Waals surface area contributed by atoms with Gasteiger partial charge >= 0.3 is 5.97 Å². The minimum Gasteiger partial charge on any atom is -0.481 e. The summed E-state index contributed by atoms with van der Waals surface area (Å²) in [6, 6.07) is 0. The van der Waals surface area contributed by atoms with Crippen LogP contribution in [0.4, 0.5) is 0 Å². The third-order valence-electron chi connectivity index (χ3n) is 19.6. The second-order valence-electron chi connectivity index (χ2n) is 23.1. The van der Waals surface area contributed by atoms with Crippen molar-refractivity contribution in [3.05, 3.63) is 11.6 Å². The number of carbonyl (C=O) groups is 1. The Morgan fingerprint density at radius 3 is 1.97 bits per heavy atom. The van der Waals surface area contributed by atoms with E-state index in [0.717, 1.165) is 5.57 Å². The molecule has 0 aromatic rings. The van der Waals surface area contributed by atoms with Crippen LogP contribution in [0.25, 0.3) is 0 Å². The first kappa shape index (κ1) is 49.0. The zero-order valence-corrected chi connectivity index (χ0v) is 38.0. The van der Waals surface area contributed by atoms with Gasteiger partial charge in [0.1, 0.15) is 72.6 Å². The smallest absolute Gasteiger partial charge is 0.313 e. The first-order valence-electron chi connectivity index (χ1n) is 23.3. The van der Waals surface area contributed by atoms with E-state index in [9.17, 15) is 71.2 Å². The SMILES string of the molecule is CC1(C)CCC2(C(=O)O)C(C1)C1=CCC3C4(C)CCC(OC5(C6(C7OC(CO)C(O)C7O)OCC(O)C(O)C6O)OC(CO)C(O)C(O)C5O)C(C)(C)C4CCC3(C)C1(C)C(O)C2O. The minimum atomic E-state index is -2.93. The number of hydrogen-bond donors (Lipinski definition) is 13. The highest BCUT2D eigenvalue weighted by molar-refractivity contribution is 5.78. The number of hydrogen-bond acceptors (Lipinski definition) is 17. The average Bonchev–Trinajstić information content (AvgIpc) is 3.52. The molecular formula is C46H74O18. The quantitative estimate of drug-likeness (QED) is 0.104. The van der Waals surface area contributed by atoms with Gasteiger partial charge in [0.15, 0.2) is 5.60 Å². The van der Waals surface area contributed by atoms with Crippen LogP contribution >= 0.6 is 0 Å². The molecule has 18 heteroatoms. The molecule has 64 heavy (non-hydrogen) atoms. The fraction of sp³-hybridized carbons (Fsp3) is 0.935. The molecule has 0 aromatic heterocycles. The Morgan fingerprint density at radius 1 is 0.719 bits per heavy atom. The maximum absolute atomic E-state index is 13.3. The largest absolute Gasteiger partial charge is 0.481 e. The van der Waals surface area contributed by atoms with Crippen molar-refractivity contribution in [3.8, 4) is 0 Å². The normalized spacial score (nSPS) is 56.8. The summed E-state index contributed by atoms with van der Waals surface area (Å²) in [6.45, 7) is 12.0. The van der Waals surface area contributed by atoms with Crippen LogP contribution in [0, 0.1) is 50.2 Å². The van der Waals surface area contributed by atoms with E-state index in [1.54, 1.807) is 0 Å². The van der Waals surface area contributed by atoms with Crippen LogP contribution in [0.1, 0.15) is 99.8 Å². The molecule has 0 bridgehead atoms. The molecule has 3 saturated heterocycles. The molecule has 0 radical (unpaired) electrons. The van der Waals surface area contributed by atoms with E-state index in [0.29, 0.717) is 38.5 Å². The summed E-state index contributed by atoms with van der Waals surface area (Å²) >= 11 is 0. The van der Waals surface area contributed by atoms with Gasteiger partial charge in [0.05, 0.1) is 38.1 Å². The first-order chi connectivity index (χ1) is 29.7. The Hall–Kier alpha value is -1.43. The summed E-state index contributed by atoms with van der Waals surface area (Å²) in [7, 11) is 0. The van der Waals surface area contributed by atoms with Crippen molar-refractivity contribution in [2.24, 2.45) is 50.2 Å². The van der Waals surface area contributed by atoms with Gasteiger partial charge < -0.3 is 85.3 Å². The third-order valence-corrected chi connectivity index (χ3v) is 19.6. The average molecular weight is 915 g/mol. The fourth-order valence-electron chi connectivity index (χ4n) is 15.7. The lowest BCUT2D eigenvalue weighted by Gasteiger charge is -2.73. The van der Waals surface area contributed by atoms with Crippen LogP contribution in [0.2, 0.25) is 0 Å². The van der Waals surface area contributed by atoms with Crippen LogP contribution in [-0.2, 0) is 23.7 Å². The van der Waals surface area contributed by atoms with Gasteiger partial charge in [0, 0.05) is 5.41 Å². The second kappa shape index (κ2) is 15.8. The van der Waals surface area contributed by atoms with Crippen LogP contribution in [0.15, 0.2) is 11.6 Å². The summed E-state index contributed by atoms with van der Waals surface area (Å²) in [5.41, 5.74) is -6.67. The second-order valence-corrected chi connectivity index (χ2v) is 23.1. The van der Waals surface area contributed by atoms with Crippen molar-refractivity contribution in [1.82, 2.24) is 0 Å². The zero-order valence-electron chi connectivity index (χ0n) is 38.0. The lowest BCUT2D eigenvalue weighted by Crippen LogP contribution is -2.85. The van der Waals surface area contributed by atoms with E-state index in [2.05, 4.69) is 33.8 Å². The molecule has 3 heterocycles. The summed E-state index contributed by atoms with van der Waals surface area (Å²) in [6.07, 6.45) is -19.6. The highest BCUT2D eigenvalue weighted by Crippen LogP contribution is 2.76. The van der Waals surface area contributed by atoms with Gasteiger partial charge in [-0.05, 0) is 90.8 Å². The van der Waals surface area contributed by atoms with Gasteiger partial charge in [-0.2, -0.15) is 0 Å². The zero-order chi connectivity index (χ0) is 47.3. The lowest BCUT2D eigenvalue weighted by atomic mass is 9.32. The number of aliphatic hydroxyl groups is 12. The molecule has 18 nitrogen and oxygen atoms in total. The number of ether oxygens (including phenoxy) is 4. The molecule has 8 rings (SSSR count). The molecule has 13 N–H and O–H groups in total. The predicted molar refractivity (Wildman–Crippen MR) is 222 cm³/mol. The molecule has 3 aliphatic heterocycles. The summed E-state index contributed by atoms with van der Waals surface area (Å²) < 4.78 is 25.6. The molecule has 0 spiro atoms. The van der Waals surface area contributed by atoms with Crippen molar-refractivity contribution in [1.29, 1.82) is 0 Å². The maximum Gasteiger partial charge on any atom is 0.313 e. The molecule has 0 amide bonds. The van der Waals surface area contributed by atoms with Gasteiger partial charge in [0.2, 0.25) is 5.79 Å². The number of rotatable bonds is 7. The van der Waals surface area contributed by atoms with E-state index >= 15 is 0 Å². The standard InChI is InChI=1S/C46H74O18/c1-39(2)14-15-44(38(59)60)21(16-39)20-8-9-26-41(5)12-11-27(40(3,4)25(41)10-13-42(26,6)43(20,7)35(57)36(44)58)64-46(34(56)31(53)30(52)24(18-48)63-46)45(33(55)28(50)22(49)19-61-45)37-32(54)29(51)23(17-47)62-37/h8,21-37,47-58H,9-19H2,1-7H3,(H,59,60). The molecule has 7 fully saturated rings. The number of aliphatic hydroxyl groups excluding tert-OH is 12. The Kier molecular flexibility index (Phi) is 12.1. The fourth-order valence-corrected chi connectivity index (χ4v) is 15.7. The van der Waals surface area contributed by atoms with Crippen molar-refractivity contribution >= 4 is 5.97 Å². The predicted octanol–water partition coefficient (Wildman–Crippen LogP) is -1.30. The Labute approximate surface area is 373 Å². The van der Waals surface area contributed by atoms with E-state index in [4.69, 9.17) is 18.9 Å². The van der Waals surface area contributed by atoms with Crippen LogP contribution in [0.5, 0.6) is 0 Å². The minimum absolute atomic E-state index is 0.102. The van der Waals surface area contributed by atoms with Crippen molar-refractivity contribution in [2.45, 2.75) is 197 Å². The lowest BCUT2D eigenvalue weighted by molar-refractivity contribution is -0.471. The van der Waals surface area contributed by atoms with E-state index in [1.165, 1.54) is 0 Å². The van der Waals surface area contributed by atoms with Crippen LogP contribution < -0.4 is 0 Å². The first-order valence-corrected chi connectivity index (χ1v) is 23.3. The third kappa shape index (κ3) is 6.11.